The fourth-order valence-electron chi connectivity index (χ4n) is 2.16. The summed E-state index contributed by atoms with van der Waals surface area (Å²) < 4.78 is 5.20. The van der Waals surface area contributed by atoms with Crippen molar-refractivity contribution in [1.82, 2.24) is 5.32 Å². The number of hydrogen-bond acceptors (Lipinski definition) is 3. The molecule has 0 radical (unpaired) electrons. The number of hydrogen-bond donors (Lipinski definition) is 2. The van der Waals surface area contributed by atoms with Crippen molar-refractivity contribution < 1.29 is 14.6 Å². The van der Waals surface area contributed by atoms with Gasteiger partial charge in [-0.2, -0.15) is 0 Å². The van der Waals surface area contributed by atoms with Crippen LogP contribution in [0, 0.1) is 6.92 Å². The number of carbonyl (C=O) groups is 1. The van der Waals surface area contributed by atoms with Gasteiger partial charge in [0.15, 0.2) is 0 Å². The molecule has 0 saturated heterocycles. The summed E-state index contributed by atoms with van der Waals surface area (Å²) in [7, 11) is 1.55. The molecule has 1 amide bonds. The standard InChI is InChI=1S/C17H19NO3/c1-12-7-3-4-8-13(12)17(20)18-11-15(19)14-9-5-6-10-16(14)21-2/h3-10,15,19H,11H2,1-2H3,(H,18,20)/t15-/m0/s1. The molecule has 110 valence electrons. The predicted molar refractivity (Wildman–Crippen MR) is 81.5 cm³/mol. The van der Waals surface area contributed by atoms with Gasteiger partial charge in [0.25, 0.3) is 5.91 Å². The van der Waals surface area contributed by atoms with Crippen molar-refractivity contribution in [2.45, 2.75) is 13.0 Å². The smallest absolute Gasteiger partial charge is 0.251 e. The number of methoxy groups -OCH3 is 1. The van der Waals surface area contributed by atoms with Gasteiger partial charge in [-0.05, 0) is 24.6 Å². The molecule has 0 aromatic heterocycles. The third-order valence-corrected chi connectivity index (χ3v) is 3.34. The average Bonchev–Trinajstić information content (AvgIpc) is 2.52. The SMILES string of the molecule is COc1ccccc1[C@@H](O)CNC(=O)c1ccccc1C. The first-order chi connectivity index (χ1) is 10.1. The number of para-hydroxylation sites is 1. The Morgan fingerprint density at radius 2 is 1.86 bits per heavy atom. The third kappa shape index (κ3) is 3.61. The van der Waals surface area contributed by atoms with Gasteiger partial charge in [0.2, 0.25) is 0 Å². The van der Waals surface area contributed by atoms with Crippen molar-refractivity contribution in [3.05, 3.63) is 65.2 Å². The van der Waals surface area contributed by atoms with Crippen LogP contribution in [-0.4, -0.2) is 24.7 Å². The molecule has 0 saturated carbocycles. The van der Waals surface area contributed by atoms with Crippen LogP contribution in [0.25, 0.3) is 0 Å². The third-order valence-electron chi connectivity index (χ3n) is 3.34. The molecule has 0 aliphatic heterocycles. The first-order valence-electron chi connectivity index (χ1n) is 6.78. The summed E-state index contributed by atoms with van der Waals surface area (Å²) in [5.74, 6) is 0.414. The number of ether oxygens (including phenoxy) is 1. The van der Waals surface area contributed by atoms with E-state index >= 15 is 0 Å². The van der Waals surface area contributed by atoms with Crippen LogP contribution in [0.2, 0.25) is 0 Å². The van der Waals surface area contributed by atoms with Gasteiger partial charge in [-0.3, -0.25) is 4.79 Å². The molecule has 0 fully saturated rings. The molecule has 0 aliphatic carbocycles. The molecule has 0 spiro atoms. The van der Waals surface area contributed by atoms with Gasteiger partial charge in [-0.15, -0.1) is 0 Å². The highest BCUT2D eigenvalue weighted by Gasteiger charge is 2.15. The summed E-state index contributed by atoms with van der Waals surface area (Å²) in [5, 5.41) is 12.9. The predicted octanol–water partition coefficient (Wildman–Crippen LogP) is 2.47. The summed E-state index contributed by atoms with van der Waals surface area (Å²) in [6.45, 7) is 2.01. The first kappa shape index (κ1) is 15.1. The Balaban J connectivity index is 2.03. The molecule has 0 aliphatic rings. The summed E-state index contributed by atoms with van der Waals surface area (Å²) in [6, 6.07) is 14.6. The van der Waals surface area contributed by atoms with Gasteiger partial charge in [0, 0.05) is 17.7 Å². The van der Waals surface area contributed by atoms with E-state index < -0.39 is 6.10 Å². The second-order valence-electron chi connectivity index (χ2n) is 4.78. The zero-order valence-corrected chi connectivity index (χ0v) is 12.2. The molecule has 21 heavy (non-hydrogen) atoms. The molecular weight excluding hydrogens is 266 g/mol. The first-order valence-corrected chi connectivity index (χ1v) is 6.78. The maximum atomic E-state index is 12.1. The number of aryl methyl sites for hydroxylation is 1. The Hall–Kier alpha value is -2.33. The normalized spacial score (nSPS) is 11.8. The van der Waals surface area contributed by atoms with Crippen LogP contribution in [0.4, 0.5) is 0 Å². The van der Waals surface area contributed by atoms with Crippen LogP contribution >= 0.6 is 0 Å². The van der Waals surface area contributed by atoms with E-state index in [2.05, 4.69) is 5.32 Å². The molecule has 2 rings (SSSR count). The Morgan fingerprint density at radius 3 is 2.57 bits per heavy atom. The Morgan fingerprint density at radius 1 is 1.19 bits per heavy atom. The van der Waals surface area contributed by atoms with Crippen molar-refractivity contribution in [3.63, 3.8) is 0 Å². The lowest BCUT2D eigenvalue weighted by Crippen LogP contribution is -2.29. The van der Waals surface area contributed by atoms with Crippen LogP contribution in [0.5, 0.6) is 5.75 Å². The number of aliphatic hydroxyl groups excluding tert-OH is 1. The molecule has 2 aromatic carbocycles. The highest BCUT2D eigenvalue weighted by atomic mass is 16.5. The lowest BCUT2D eigenvalue weighted by Gasteiger charge is -2.15. The lowest BCUT2D eigenvalue weighted by atomic mass is 10.1. The van der Waals surface area contributed by atoms with Crippen LogP contribution in [-0.2, 0) is 0 Å². The summed E-state index contributed by atoms with van der Waals surface area (Å²) in [4.78, 5) is 12.1. The van der Waals surface area contributed by atoms with E-state index in [-0.39, 0.29) is 12.5 Å². The number of nitrogens with one attached hydrogen (secondary N) is 1. The number of carbonyl (C=O) groups excluding carboxylic acids is 1. The van der Waals surface area contributed by atoms with E-state index in [0.717, 1.165) is 5.56 Å². The largest absolute Gasteiger partial charge is 0.496 e. The van der Waals surface area contributed by atoms with E-state index in [4.69, 9.17) is 4.74 Å². The summed E-state index contributed by atoms with van der Waals surface area (Å²) >= 11 is 0. The molecule has 2 N–H and O–H groups in total. The Kier molecular flexibility index (Phi) is 4.95. The molecule has 0 heterocycles. The van der Waals surface area contributed by atoms with Gasteiger partial charge in [-0.25, -0.2) is 0 Å². The minimum atomic E-state index is -0.811. The molecule has 4 nitrogen and oxygen atoms in total. The molecule has 4 heteroatoms. The van der Waals surface area contributed by atoms with Crippen molar-refractivity contribution >= 4 is 5.91 Å². The van der Waals surface area contributed by atoms with Crippen LogP contribution in [0.15, 0.2) is 48.5 Å². The number of aliphatic hydroxyl groups is 1. The minimum Gasteiger partial charge on any atom is -0.496 e. The van der Waals surface area contributed by atoms with Gasteiger partial charge < -0.3 is 15.2 Å². The van der Waals surface area contributed by atoms with Gasteiger partial charge >= 0.3 is 0 Å². The maximum absolute atomic E-state index is 12.1. The maximum Gasteiger partial charge on any atom is 0.251 e. The van der Waals surface area contributed by atoms with Gasteiger partial charge in [0.05, 0.1) is 13.2 Å². The second-order valence-corrected chi connectivity index (χ2v) is 4.78. The highest BCUT2D eigenvalue weighted by molar-refractivity contribution is 5.95. The van der Waals surface area contributed by atoms with Crippen molar-refractivity contribution in [1.29, 1.82) is 0 Å². The average molecular weight is 285 g/mol. The molecule has 2 aromatic rings. The fourth-order valence-corrected chi connectivity index (χ4v) is 2.16. The van der Waals surface area contributed by atoms with Crippen molar-refractivity contribution in [3.8, 4) is 5.75 Å². The van der Waals surface area contributed by atoms with Crippen LogP contribution in [0.3, 0.4) is 0 Å². The van der Waals surface area contributed by atoms with E-state index in [1.54, 1.807) is 25.3 Å². The van der Waals surface area contributed by atoms with Crippen molar-refractivity contribution in [2.75, 3.05) is 13.7 Å². The fraction of sp³-hybridized carbons (Fsp3) is 0.235. The highest BCUT2D eigenvalue weighted by Crippen LogP contribution is 2.24. The number of amides is 1. The summed E-state index contributed by atoms with van der Waals surface area (Å²) in [6.07, 6.45) is -0.811. The van der Waals surface area contributed by atoms with Crippen LogP contribution < -0.4 is 10.1 Å². The molecule has 0 unspecified atom stereocenters. The Labute approximate surface area is 124 Å². The lowest BCUT2D eigenvalue weighted by molar-refractivity contribution is 0.0914. The van der Waals surface area contributed by atoms with E-state index in [1.165, 1.54) is 0 Å². The van der Waals surface area contributed by atoms with Crippen molar-refractivity contribution in [2.24, 2.45) is 0 Å². The van der Waals surface area contributed by atoms with E-state index in [0.29, 0.717) is 16.9 Å². The number of benzene rings is 2. The second kappa shape index (κ2) is 6.90. The molecule has 0 bridgehead atoms. The monoisotopic (exact) mass is 285 g/mol. The topological polar surface area (TPSA) is 58.6 Å². The molecule has 1 atom stereocenters. The quantitative estimate of drug-likeness (QED) is 0.887. The zero-order valence-electron chi connectivity index (χ0n) is 12.2. The van der Waals surface area contributed by atoms with E-state index in [1.807, 2.05) is 37.3 Å². The zero-order chi connectivity index (χ0) is 15.2. The van der Waals surface area contributed by atoms with Crippen LogP contribution in [0.1, 0.15) is 27.6 Å². The van der Waals surface area contributed by atoms with E-state index in [9.17, 15) is 9.90 Å². The minimum absolute atomic E-state index is 0.132. The molecular formula is C17H19NO3. The summed E-state index contributed by atoms with van der Waals surface area (Å²) in [5.41, 5.74) is 2.18. The van der Waals surface area contributed by atoms with Gasteiger partial charge in [-0.1, -0.05) is 36.4 Å². The number of rotatable bonds is 5. The van der Waals surface area contributed by atoms with Gasteiger partial charge in [0.1, 0.15) is 5.75 Å². The Bertz CT molecular complexity index is 625.